The summed E-state index contributed by atoms with van der Waals surface area (Å²) in [7, 11) is 0. The molecule has 0 bridgehead atoms. The summed E-state index contributed by atoms with van der Waals surface area (Å²) in [6.45, 7) is 0.418. The molecular weight excluding hydrogens is 319 g/mol. The lowest BCUT2D eigenvalue weighted by Crippen LogP contribution is -2.40. The summed E-state index contributed by atoms with van der Waals surface area (Å²) in [5, 5.41) is 6.10. The molecule has 2 aliphatic rings. The first-order valence-corrected chi connectivity index (χ1v) is 9.44. The molecule has 0 aromatic heterocycles. The van der Waals surface area contributed by atoms with Crippen molar-refractivity contribution in [1.29, 1.82) is 0 Å². The van der Waals surface area contributed by atoms with E-state index in [-0.39, 0.29) is 29.5 Å². The summed E-state index contributed by atoms with van der Waals surface area (Å²) in [6, 6.07) is 6.52. The molecule has 2 aliphatic carbocycles. The van der Waals surface area contributed by atoms with Crippen LogP contribution >= 0.6 is 0 Å². The molecule has 0 spiro atoms. The number of hydrogen-bond acceptors (Lipinski definition) is 2. The van der Waals surface area contributed by atoms with Crippen molar-refractivity contribution in [3.05, 3.63) is 35.6 Å². The standard InChI is InChI=1S/C20H27FN2O2/c21-17-11-5-14(6-12-17)13-22-19(24)15-7-9-16(10-8-15)20(25)23-18-3-1-2-4-18/h5-6,11-12,15-16,18H,1-4,7-10,13H2,(H,22,24)(H,23,25). The molecule has 2 fully saturated rings. The van der Waals surface area contributed by atoms with Crippen molar-refractivity contribution in [1.82, 2.24) is 10.6 Å². The van der Waals surface area contributed by atoms with E-state index in [9.17, 15) is 14.0 Å². The van der Waals surface area contributed by atoms with Crippen LogP contribution in [0, 0.1) is 17.7 Å². The van der Waals surface area contributed by atoms with Gasteiger partial charge in [0.1, 0.15) is 5.82 Å². The van der Waals surface area contributed by atoms with Gasteiger partial charge < -0.3 is 10.6 Å². The van der Waals surface area contributed by atoms with Crippen molar-refractivity contribution in [3.63, 3.8) is 0 Å². The van der Waals surface area contributed by atoms with E-state index in [0.717, 1.165) is 44.1 Å². The molecule has 5 heteroatoms. The third kappa shape index (κ3) is 5.03. The van der Waals surface area contributed by atoms with Crippen LogP contribution < -0.4 is 10.6 Å². The van der Waals surface area contributed by atoms with Crippen molar-refractivity contribution < 1.29 is 14.0 Å². The Kier molecular flexibility index (Phi) is 6.05. The van der Waals surface area contributed by atoms with Crippen LogP contribution in [0.5, 0.6) is 0 Å². The quantitative estimate of drug-likeness (QED) is 0.859. The molecule has 2 amide bonds. The molecule has 4 nitrogen and oxygen atoms in total. The molecule has 25 heavy (non-hydrogen) atoms. The van der Waals surface area contributed by atoms with Gasteiger partial charge in [0.25, 0.3) is 0 Å². The van der Waals surface area contributed by atoms with Gasteiger partial charge in [-0.2, -0.15) is 0 Å². The van der Waals surface area contributed by atoms with Crippen LogP contribution in [-0.4, -0.2) is 17.9 Å². The molecule has 1 aromatic carbocycles. The molecule has 1 aromatic rings. The summed E-state index contributed by atoms with van der Waals surface area (Å²) in [6.07, 6.45) is 7.73. The largest absolute Gasteiger partial charge is 0.353 e. The number of nitrogens with one attached hydrogen (secondary N) is 2. The number of hydrogen-bond donors (Lipinski definition) is 2. The van der Waals surface area contributed by atoms with Gasteiger partial charge in [-0.15, -0.1) is 0 Å². The Morgan fingerprint density at radius 3 is 2.04 bits per heavy atom. The number of amides is 2. The van der Waals surface area contributed by atoms with Gasteiger partial charge in [-0.25, -0.2) is 4.39 Å². The van der Waals surface area contributed by atoms with Gasteiger partial charge in [-0.3, -0.25) is 9.59 Å². The minimum absolute atomic E-state index is 0.0176. The fraction of sp³-hybridized carbons (Fsp3) is 0.600. The van der Waals surface area contributed by atoms with E-state index in [2.05, 4.69) is 10.6 Å². The third-order valence-electron chi connectivity index (χ3n) is 5.55. The topological polar surface area (TPSA) is 58.2 Å². The first kappa shape index (κ1) is 17.9. The Balaban J connectivity index is 1.39. The van der Waals surface area contributed by atoms with Crippen LogP contribution in [0.15, 0.2) is 24.3 Å². The van der Waals surface area contributed by atoms with Crippen LogP contribution in [0.4, 0.5) is 4.39 Å². The number of carbonyl (C=O) groups excluding carboxylic acids is 2. The van der Waals surface area contributed by atoms with E-state index < -0.39 is 0 Å². The Hall–Kier alpha value is -1.91. The maximum Gasteiger partial charge on any atom is 0.223 e. The van der Waals surface area contributed by atoms with Crippen molar-refractivity contribution in [2.75, 3.05) is 0 Å². The summed E-state index contributed by atoms with van der Waals surface area (Å²) < 4.78 is 12.9. The van der Waals surface area contributed by atoms with Crippen LogP contribution in [0.25, 0.3) is 0 Å². The predicted molar refractivity (Wildman–Crippen MR) is 94.1 cm³/mol. The fourth-order valence-electron chi connectivity index (χ4n) is 3.94. The second-order valence-corrected chi connectivity index (χ2v) is 7.38. The van der Waals surface area contributed by atoms with Crippen molar-refractivity contribution >= 4 is 11.8 Å². The van der Waals surface area contributed by atoms with E-state index in [1.807, 2.05) is 0 Å². The van der Waals surface area contributed by atoms with E-state index in [1.54, 1.807) is 12.1 Å². The molecule has 0 unspecified atom stereocenters. The Labute approximate surface area is 148 Å². The molecule has 3 rings (SSSR count). The average Bonchev–Trinajstić information content (AvgIpc) is 3.14. The molecule has 136 valence electrons. The summed E-state index contributed by atoms with van der Waals surface area (Å²) in [5.41, 5.74) is 0.888. The highest BCUT2D eigenvalue weighted by molar-refractivity contribution is 5.81. The lowest BCUT2D eigenvalue weighted by atomic mass is 9.81. The van der Waals surface area contributed by atoms with Crippen LogP contribution in [0.1, 0.15) is 56.9 Å². The highest BCUT2D eigenvalue weighted by Gasteiger charge is 2.31. The minimum Gasteiger partial charge on any atom is -0.353 e. The molecular formula is C20H27FN2O2. The average molecular weight is 346 g/mol. The summed E-state index contributed by atoms with van der Waals surface area (Å²) in [4.78, 5) is 24.6. The maximum absolute atomic E-state index is 12.9. The second kappa shape index (κ2) is 8.45. The van der Waals surface area contributed by atoms with Crippen LogP contribution in [0.2, 0.25) is 0 Å². The normalized spacial score (nSPS) is 24.0. The van der Waals surface area contributed by atoms with Crippen LogP contribution in [-0.2, 0) is 16.1 Å². The zero-order valence-corrected chi connectivity index (χ0v) is 14.6. The van der Waals surface area contributed by atoms with Gasteiger partial charge in [-0.05, 0) is 56.2 Å². The monoisotopic (exact) mass is 346 g/mol. The second-order valence-electron chi connectivity index (χ2n) is 7.38. The first-order valence-electron chi connectivity index (χ1n) is 9.44. The SMILES string of the molecule is O=C(NCc1ccc(F)cc1)C1CCC(C(=O)NC2CCCC2)CC1. The van der Waals surface area contributed by atoms with Crippen molar-refractivity contribution in [2.45, 2.75) is 64.0 Å². The van der Waals surface area contributed by atoms with E-state index >= 15 is 0 Å². The number of halogens is 1. The Morgan fingerprint density at radius 2 is 1.44 bits per heavy atom. The summed E-state index contributed by atoms with van der Waals surface area (Å²) in [5.74, 6) is -0.0157. The van der Waals surface area contributed by atoms with Crippen LogP contribution in [0.3, 0.4) is 0 Å². The molecule has 0 atom stereocenters. The molecule has 2 N–H and O–H groups in total. The molecule has 0 radical (unpaired) electrons. The lowest BCUT2D eigenvalue weighted by Gasteiger charge is -2.28. The highest BCUT2D eigenvalue weighted by atomic mass is 19.1. The lowest BCUT2D eigenvalue weighted by molar-refractivity contribution is -0.131. The van der Waals surface area contributed by atoms with Gasteiger partial charge in [0, 0.05) is 24.4 Å². The van der Waals surface area contributed by atoms with Gasteiger partial charge in [0.05, 0.1) is 0 Å². The third-order valence-corrected chi connectivity index (χ3v) is 5.55. The minimum atomic E-state index is -0.274. The van der Waals surface area contributed by atoms with Gasteiger partial charge in [0.2, 0.25) is 11.8 Å². The number of rotatable bonds is 5. The van der Waals surface area contributed by atoms with Crippen molar-refractivity contribution in [2.24, 2.45) is 11.8 Å². The van der Waals surface area contributed by atoms with Gasteiger partial charge in [0.15, 0.2) is 0 Å². The molecule has 0 aliphatic heterocycles. The maximum atomic E-state index is 12.9. The Morgan fingerprint density at radius 1 is 0.880 bits per heavy atom. The molecule has 0 saturated heterocycles. The number of carbonyl (C=O) groups is 2. The number of benzene rings is 1. The highest BCUT2D eigenvalue weighted by Crippen LogP contribution is 2.30. The smallest absolute Gasteiger partial charge is 0.223 e. The van der Waals surface area contributed by atoms with Gasteiger partial charge in [-0.1, -0.05) is 25.0 Å². The zero-order chi connectivity index (χ0) is 17.6. The van der Waals surface area contributed by atoms with E-state index in [4.69, 9.17) is 0 Å². The van der Waals surface area contributed by atoms with Crippen molar-refractivity contribution in [3.8, 4) is 0 Å². The van der Waals surface area contributed by atoms with Gasteiger partial charge >= 0.3 is 0 Å². The molecule has 0 heterocycles. The fourth-order valence-corrected chi connectivity index (χ4v) is 3.94. The summed E-state index contributed by atoms with van der Waals surface area (Å²) >= 11 is 0. The first-order chi connectivity index (χ1) is 12.1. The molecule has 2 saturated carbocycles. The van der Waals surface area contributed by atoms with E-state index in [1.165, 1.54) is 25.0 Å². The Bertz CT molecular complexity index is 588. The van der Waals surface area contributed by atoms with E-state index in [0.29, 0.717) is 12.6 Å². The predicted octanol–water partition coefficient (Wildman–Crippen LogP) is 3.31. The zero-order valence-electron chi connectivity index (χ0n) is 14.6.